The lowest BCUT2D eigenvalue weighted by Crippen LogP contribution is -2.21. The van der Waals surface area contributed by atoms with Gasteiger partial charge in [-0.1, -0.05) is 6.07 Å². The maximum absolute atomic E-state index is 12.8. The van der Waals surface area contributed by atoms with Crippen molar-refractivity contribution in [3.63, 3.8) is 0 Å². The predicted octanol–water partition coefficient (Wildman–Crippen LogP) is 4.18. The first-order chi connectivity index (χ1) is 13.8. The van der Waals surface area contributed by atoms with Crippen LogP contribution in [0.1, 0.15) is 47.9 Å². The molecule has 4 rings (SSSR count). The number of pyridine rings is 1. The molecule has 0 bridgehead atoms. The molecule has 2 aromatic heterocycles. The first-order valence-electron chi connectivity index (χ1n) is 9.32. The summed E-state index contributed by atoms with van der Waals surface area (Å²) >= 11 is 0. The minimum absolute atomic E-state index is 0.221. The third-order valence-corrected chi connectivity index (χ3v) is 5.09. The lowest BCUT2D eigenvalue weighted by atomic mass is 9.93. The molecule has 152 valence electrons. The molecule has 1 amide bonds. The van der Waals surface area contributed by atoms with E-state index in [0.29, 0.717) is 5.69 Å². The Morgan fingerprint density at radius 2 is 1.90 bits per heavy atom. The van der Waals surface area contributed by atoms with Gasteiger partial charge in [-0.2, -0.15) is 18.3 Å². The van der Waals surface area contributed by atoms with Crippen molar-refractivity contribution in [3.05, 3.63) is 54.0 Å². The molecule has 1 fully saturated rings. The maximum atomic E-state index is 12.8. The Balaban J connectivity index is 1.52. The van der Waals surface area contributed by atoms with Crippen LogP contribution >= 0.6 is 0 Å². The lowest BCUT2D eigenvalue weighted by Gasteiger charge is -2.25. The summed E-state index contributed by atoms with van der Waals surface area (Å²) in [6.45, 7) is 0. The number of carbonyl (C=O) groups is 1. The zero-order valence-corrected chi connectivity index (χ0v) is 15.4. The number of hydrogen-bond donors (Lipinski definition) is 2. The summed E-state index contributed by atoms with van der Waals surface area (Å²) in [5.41, 5.74) is -0.220. The van der Waals surface area contributed by atoms with E-state index < -0.39 is 17.8 Å². The number of hydrogen-bond acceptors (Lipinski definition) is 4. The summed E-state index contributed by atoms with van der Waals surface area (Å²) in [4.78, 5) is 15.7. The Hall–Kier alpha value is -2.94. The van der Waals surface area contributed by atoms with Gasteiger partial charge < -0.3 is 10.4 Å². The standard InChI is InChI=1S/C20H19F3N4O2/c21-20(22,23)18-3-1-2-17(25-18)19(29)24-13-4-9-16-12(10-13)11-27(26-16)14-5-7-15(28)8-6-14/h1-4,9-11,14-15,28H,5-8H2,(H,24,29). The number of rotatable bonds is 3. The molecule has 29 heavy (non-hydrogen) atoms. The van der Waals surface area contributed by atoms with E-state index in [2.05, 4.69) is 15.4 Å². The summed E-state index contributed by atoms with van der Waals surface area (Å²) in [6.07, 6.45) is 0.204. The number of aromatic nitrogens is 3. The summed E-state index contributed by atoms with van der Waals surface area (Å²) in [6, 6.07) is 8.55. The number of aliphatic hydroxyl groups excluding tert-OH is 1. The van der Waals surface area contributed by atoms with Crippen LogP contribution in [0.3, 0.4) is 0 Å². The van der Waals surface area contributed by atoms with Crippen LogP contribution in [0.15, 0.2) is 42.6 Å². The number of benzene rings is 1. The number of nitrogens with zero attached hydrogens (tertiary/aromatic N) is 3. The Morgan fingerprint density at radius 1 is 1.14 bits per heavy atom. The van der Waals surface area contributed by atoms with E-state index in [1.54, 1.807) is 18.2 Å². The lowest BCUT2D eigenvalue weighted by molar-refractivity contribution is -0.141. The Labute approximate surface area is 164 Å². The van der Waals surface area contributed by atoms with Crippen LogP contribution in [-0.4, -0.2) is 31.9 Å². The molecule has 0 radical (unpaired) electrons. The number of halogens is 3. The molecule has 2 N–H and O–H groups in total. The highest BCUT2D eigenvalue weighted by atomic mass is 19.4. The summed E-state index contributed by atoms with van der Waals surface area (Å²) in [7, 11) is 0. The number of alkyl halides is 3. The first-order valence-corrected chi connectivity index (χ1v) is 9.32. The molecule has 0 spiro atoms. The highest BCUT2D eigenvalue weighted by molar-refractivity contribution is 6.03. The first kappa shape index (κ1) is 19.4. The van der Waals surface area contributed by atoms with E-state index in [4.69, 9.17) is 0 Å². The fraction of sp³-hybridized carbons (Fsp3) is 0.350. The van der Waals surface area contributed by atoms with Crippen LogP contribution in [0.5, 0.6) is 0 Å². The fourth-order valence-electron chi connectivity index (χ4n) is 3.55. The number of aliphatic hydroxyl groups is 1. The van der Waals surface area contributed by atoms with E-state index >= 15 is 0 Å². The smallest absolute Gasteiger partial charge is 0.393 e. The molecule has 0 unspecified atom stereocenters. The topological polar surface area (TPSA) is 80.0 Å². The molecule has 9 heteroatoms. The molecule has 6 nitrogen and oxygen atoms in total. The van der Waals surface area contributed by atoms with Crippen molar-refractivity contribution in [2.45, 2.75) is 44.0 Å². The molecule has 3 aromatic rings. The van der Waals surface area contributed by atoms with Gasteiger partial charge in [0.1, 0.15) is 11.4 Å². The van der Waals surface area contributed by atoms with Crippen LogP contribution in [-0.2, 0) is 6.18 Å². The number of fused-ring (bicyclic) bond motifs is 1. The van der Waals surface area contributed by atoms with Crippen molar-refractivity contribution in [2.24, 2.45) is 0 Å². The molecule has 0 saturated heterocycles. The predicted molar refractivity (Wildman–Crippen MR) is 100 cm³/mol. The maximum Gasteiger partial charge on any atom is 0.433 e. The van der Waals surface area contributed by atoms with E-state index in [1.165, 1.54) is 6.07 Å². The normalized spacial score (nSPS) is 20.0. The molecule has 2 heterocycles. The summed E-state index contributed by atoms with van der Waals surface area (Å²) < 4.78 is 40.3. The van der Waals surface area contributed by atoms with Crippen molar-refractivity contribution in [3.8, 4) is 0 Å². The minimum atomic E-state index is -4.61. The third kappa shape index (κ3) is 4.24. The van der Waals surface area contributed by atoms with Crippen LogP contribution in [0, 0.1) is 0 Å². The van der Waals surface area contributed by atoms with Gasteiger partial charge in [0.15, 0.2) is 0 Å². The monoisotopic (exact) mass is 404 g/mol. The van der Waals surface area contributed by atoms with Gasteiger partial charge >= 0.3 is 6.18 Å². The van der Waals surface area contributed by atoms with Crippen LogP contribution < -0.4 is 5.32 Å². The average Bonchev–Trinajstić information content (AvgIpc) is 3.11. The second-order valence-corrected chi connectivity index (χ2v) is 7.21. The Kier molecular flexibility index (Phi) is 4.99. The largest absolute Gasteiger partial charge is 0.433 e. The number of amides is 1. The van der Waals surface area contributed by atoms with Crippen LogP contribution in [0.2, 0.25) is 0 Å². The molecular formula is C20H19F3N4O2. The van der Waals surface area contributed by atoms with Gasteiger partial charge in [-0.3, -0.25) is 9.48 Å². The van der Waals surface area contributed by atoms with Crippen molar-refractivity contribution in [2.75, 3.05) is 5.32 Å². The molecule has 1 saturated carbocycles. The average molecular weight is 404 g/mol. The van der Waals surface area contributed by atoms with E-state index in [1.807, 2.05) is 10.9 Å². The van der Waals surface area contributed by atoms with Crippen molar-refractivity contribution >= 4 is 22.5 Å². The Bertz CT molecular complexity index is 1040. The van der Waals surface area contributed by atoms with Gasteiger partial charge in [-0.05, 0) is 56.0 Å². The molecule has 0 aliphatic heterocycles. The molecule has 1 aromatic carbocycles. The fourth-order valence-corrected chi connectivity index (χ4v) is 3.55. The van der Waals surface area contributed by atoms with Gasteiger partial charge in [-0.15, -0.1) is 0 Å². The number of anilines is 1. The van der Waals surface area contributed by atoms with E-state index in [9.17, 15) is 23.1 Å². The van der Waals surface area contributed by atoms with Gasteiger partial charge in [0.25, 0.3) is 5.91 Å². The van der Waals surface area contributed by atoms with Crippen molar-refractivity contribution in [1.82, 2.24) is 14.8 Å². The highest BCUT2D eigenvalue weighted by Crippen LogP contribution is 2.30. The van der Waals surface area contributed by atoms with E-state index in [-0.39, 0.29) is 17.8 Å². The zero-order chi connectivity index (χ0) is 20.6. The third-order valence-electron chi connectivity index (χ3n) is 5.09. The second-order valence-electron chi connectivity index (χ2n) is 7.21. The van der Waals surface area contributed by atoms with Crippen LogP contribution in [0.4, 0.5) is 18.9 Å². The SMILES string of the molecule is O=C(Nc1ccc2nn(C3CCC(O)CC3)cc2c1)c1cccc(C(F)(F)F)n1. The summed E-state index contributed by atoms with van der Waals surface area (Å²) in [5.74, 6) is -0.718. The Morgan fingerprint density at radius 3 is 2.62 bits per heavy atom. The molecule has 0 atom stereocenters. The van der Waals surface area contributed by atoms with Gasteiger partial charge in [-0.25, -0.2) is 4.98 Å². The molecular weight excluding hydrogens is 385 g/mol. The zero-order valence-electron chi connectivity index (χ0n) is 15.4. The van der Waals surface area contributed by atoms with Gasteiger partial charge in [0.05, 0.1) is 17.7 Å². The van der Waals surface area contributed by atoms with Gasteiger partial charge in [0.2, 0.25) is 0 Å². The van der Waals surface area contributed by atoms with E-state index in [0.717, 1.165) is 48.7 Å². The summed E-state index contributed by atoms with van der Waals surface area (Å²) in [5, 5.41) is 17.6. The number of carbonyl (C=O) groups excluding carboxylic acids is 1. The number of nitrogens with one attached hydrogen (secondary N) is 1. The second kappa shape index (κ2) is 7.47. The molecule has 1 aliphatic carbocycles. The van der Waals surface area contributed by atoms with Crippen molar-refractivity contribution < 1.29 is 23.1 Å². The quantitative estimate of drug-likeness (QED) is 0.686. The van der Waals surface area contributed by atoms with Crippen molar-refractivity contribution in [1.29, 1.82) is 0 Å². The molecule has 1 aliphatic rings. The highest BCUT2D eigenvalue weighted by Gasteiger charge is 2.33. The minimum Gasteiger partial charge on any atom is -0.393 e. The van der Waals surface area contributed by atoms with Crippen LogP contribution in [0.25, 0.3) is 10.9 Å². The van der Waals surface area contributed by atoms with Gasteiger partial charge in [0, 0.05) is 17.3 Å².